The van der Waals surface area contributed by atoms with E-state index in [1.807, 2.05) is 72.8 Å². The Labute approximate surface area is 209 Å². The number of nitrogens with zero attached hydrogens (tertiary/aromatic N) is 2. The van der Waals surface area contributed by atoms with E-state index in [-0.39, 0.29) is 12.8 Å². The molecule has 0 unspecified atom stereocenters. The first-order chi connectivity index (χ1) is 17.6. The van der Waals surface area contributed by atoms with Gasteiger partial charge in [0, 0.05) is 24.8 Å². The van der Waals surface area contributed by atoms with Crippen LogP contribution in [0.5, 0.6) is 11.5 Å². The molecule has 4 rings (SSSR count). The molecule has 0 radical (unpaired) electrons. The molecule has 0 aliphatic rings. The topological polar surface area (TPSA) is 78.4 Å². The fraction of sp³-hybridized carbons (Fsp3) is 0.0667. The van der Waals surface area contributed by atoms with Crippen LogP contribution in [0.25, 0.3) is 24.3 Å². The van der Waals surface area contributed by atoms with Crippen LogP contribution in [0.2, 0.25) is 0 Å². The minimum atomic E-state index is -0.497. The summed E-state index contributed by atoms with van der Waals surface area (Å²) >= 11 is 0. The number of carbonyl (C=O) groups is 2. The molecule has 0 bridgehead atoms. The van der Waals surface area contributed by atoms with Crippen molar-refractivity contribution in [1.29, 1.82) is 0 Å². The quantitative estimate of drug-likeness (QED) is 0.214. The minimum Gasteiger partial charge on any atom is -0.427 e. The number of aromatic nitrogens is 2. The average Bonchev–Trinajstić information content (AvgIpc) is 2.92. The molecular weight excluding hydrogens is 452 g/mol. The Hall–Kier alpha value is -4.84. The van der Waals surface area contributed by atoms with Crippen LogP contribution in [0.4, 0.5) is 0 Å². The zero-order valence-corrected chi connectivity index (χ0v) is 19.5. The van der Waals surface area contributed by atoms with Gasteiger partial charge in [0.15, 0.2) is 0 Å². The number of carbonyl (C=O) groups excluding carboxylic acids is 2. The molecule has 2 aromatic heterocycles. The first kappa shape index (κ1) is 24.3. The van der Waals surface area contributed by atoms with Crippen molar-refractivity contribution < 1.29 is 19.1 Å². The summed E-state index contributed by atoms with van der Waals surface area (Å²) in [5, 5.41) is 0. The van der Waals surface area contributed by atoms with Crippen LogP contribution in [-0.4, -0.2) is 21.9 Å². The lowest BCUT2D eigenvalue weighted by Crippen LogP contribution is -2.14. The minimum absolute atomic E-state index is 0.0741. The van der Waals surface area contributed by atoms with Crippen LogP contribution in [0.1, 0.15) is 35.1 Å². The molecular formula is C30H24N2O4. The predicted octanol–water partition coefficient (Wildman–Crippen LogP) is 6.11. The first-order valence-corrected chi connectivity index (χ1v) is 11.4. The van der Waals surface area contributed by atoms with Gasteiger partial charge in [-0.3, -0.25) is 19.6 Å². The third-order valence-electron chi connectivity index (χ3n) is 5.11. The smallest absolute Gasteiger partial charge is 0.311 e. The van der Waals surface area contributed by atoms with Crippen molar-refractivity contribution in [3.8, 4) is 11.5 Å². The summed E-state index contributed by atoms with van der Waals surface area (Å²) in [5.74, 6) is -0.151. The van der Waals surface area contributed by atoms with E-state index in [0.717, 1.165) is 22.3 Å². The number of rotatable bonds is 9. The van der Waals surface area contributed by atoms with E-state index in [2.05, 4.69) is 9.97 Å². The molecule has 2 heterocycles. The summed E-state index contributed by atoms with van der Waals surface area (Å²) in [4.78, 5) is 32.3. The molecule has 0 spiro atoms. The van der Waals surface area contributed by atoms with Crippen molar-refractivity contribution in [2.75, 3.05) is 0 Å². The molecule has 0 aliphatic heterocycles. The van der Waals surface area contributed by atoms with Crippen molar-refractivity contribution in [3.63, 3.8) is 0 Å². The lowest BCUT2D eigenvalue weighted by atomic mass is 10.1. The largest absolute Gasteiger partial charge is 0.427 e. The molecule has 0 amide bonds. The summed E-state index contributed by atoms with van der Waals surface area (Å²) < 4.78 is 10.6. The van der Waals surface area contributed by atoms with Gasteiger partial charge in [0.1, 0.15) is 11.5 Å². The number of esters is 2. The van der Waals surface area contributed by atoms with Crippen molar-refractivity contribution in [2.24, 2.45) is 0 Å². The summed E-state index contributed by atoms with van der Waals surface area (Å²) in [7, 11) is 0. The van der Waals surface area contributed by atoms with Crippen LogP contribution in [-0.2, 0) is 9.59 Å². The second-order valence-electron chi connectivity index (χ2n) is 7.81. The molecule has 0 saturated carbocycles. The predicted molar refractivity (Wildman–Crippen MR) is 140 cm³/mol. The maximum atomic E-state index is 12.1. The van der Waals surface area contributed by atoms with Gasteiger partial charge in [-0.05, 0) is 70.8 Å². The van der Waals surface area contributed by atoms with Gasteiger partial charge in [-0.2, -0.15) is 0 Å². The van der Waals surface area contributed by atoms with E-state index in [4.69, 9.17) is 9.47 Å². The molecule has 0 aliphatic carbocycles. The summed E-state index contributed by atoms with van der Waals surface area (Å²) in [6, 6.07) is 21.9. The van der Waals surface area contributed by atoms with Crippen LogP contribution in [0.3, 0.4) is 0 Å². The number of benzene rings is 2. The van der Waals surface area contributed by atoms with E-state index >= 15 is 0 Å². The van der Waals surface area contributed by atoms with Crippen molar-refractivity contribution >= 4 is 36.2 Å². The molecule has 0 atom stereocenters. The fourth-order valence-electron chi connectivity index (χ4n) is 3.20. The van der Waals surface area contributed by atoms with Gasteiger partial charge in [0.25, 0.3) is 0 Å². The maximum absolute atomic E-state index is 12.1. The number of hydrogen-bond acceptors (Lipinski definition) is 6. The highest BCUT2D eigenvalue weighted by Crippen LogP contribution is 2.17. The highest BCUT2D eigenvalue weighted by Gasteiger charge is 2.11. The van der Waals surface area contributed by atoms with E-state index < -0.39 is 11.9 Å². The van der Waals surface area contributed by atoms with Gasteiger partial charge < -0.3 is 9.47 Å². The zero-order chi connectivity index (χ0) is 25.0. The van der Waals surface area contributed by atoms with Gasteiger partial charge in [-0.25, -0.2) is 0 Å². The molecule has 178 valence electrons. The molecule has 4 aromatic rings. The molecule has 2 aromatic carbocycles. The summed E-state index contributed by atoms with van der Waals surface area (Å²) in [5.41, 5.74) is 4.02. The molecule has 0 N–H and O–H groups in total. The molecule has 6 nitrogen and oxygen atoms in total. The Morgan fingerprint density at radius 2 is 0.806 bits per heavy atom. The van der Waals surface area contributed by atoms with Crippen molar-refractivity contribution in [2.45, 2.75) is 12.8 Å². The van der Waals surface area contributed by atoms with E-state index in [1.54, 1.807) is 49.1 Å². The Morgan fingerprint density at radius 1 is 0.500 bits per heavy atom. The Kier molecular flexibility index (Phi) is 8.48. The third kappa shape index (κ3) is 7.88. The fourth-order valence-corrected chi connectivity index (χ4v) is 3.20. The summed E-state index contributed by atoms with van der Waals surface area (Å²) in [6.07, 6.45) is 14.7. The highest BCUT2D eigenvalue weighted by atomic mass is 16.5. The van der Waals surface area contributed by atoms with Crippen LogP contribution in [0, 0.1) is 0 Å². The summed E-state index contributed by atoms with van der Waals surface area (Å²) in [6.45, 7) is 0. The highest BCUT2D eigenvalue weighted by molar-refractivity contribution is 5.80. The van der Waals surface area contributed by atoms with Gasteiger partial charge in [-0.15, -0.1) is 0 Å². The van der Waals surface area contributed by atoms with E-state index in [0.29, 0.717) is 11.5 Å². The SMILES string of the molecule is O=C(CCC(=O)Oc1ccc(C=Cc2ccncc2)cc1)Oc1ccc(C=Cc2ccncc2)cc1. The van der Waals surface area contributed by atoms with E-state index in [1.165, 1.54) is 0 Å². The second-order valence-corrected chi connectivity index (χ2v) is 7.81. The van der Waals surface area contributed by atoms with Gasteiger partial charge >= 0.3 is 11.9 Å². The lowest BCUT2D eigenvalue weighted by Gasteiger charge is -2.06. The van der Waals surface area contributed by atoms with E-state index in [9.17, 15) is 9.59 Å². The lowest BCUT2D eigenvalue weighted by molar-refractivity contribution is -0.140. The van der Waals surface area contributed by atoms with Crippen LogP contribution in [0.15, 0.2) is 97.6 Å². The molecule has 6 heteroatoms. The third-order valence-corrected chi connectivity index (χ3v) is 5.11. The Balaban J connectivity index is 1.20. The van der Waals surface area contributed by atoms with Crippen LogP contribution >= 0.6 is 0 Å². The van der Waals surface area contributed by atoms with Gasteiger partial charge in [0.05, 0.1) is 12.8 Å². The first-order valence-electron chi connectivity index (χ1n) is 11.4. The van der Waals surface area contributed by atoms with Gasteiger partial charge in [-0.1, -0.05) is 48.6 Å². The number of pyridine rings is 2. The zero-order valence-electron chi connectivity index (χ0n) is 19.5. The molecule has 36 heavy (non-hydrogen) atoms. The average molecular weight is 477 g/mol. The molecule has 0 saturated heterocycles. The number of ether oxygens (including phenoxy) is 2. The standard InChI is InChI=1S/C30H24N2O4/c33-29(35-27-9-5-23(6-10-27)1-3-25-15-19-31-20-16-25)13-14-30(34)36-28-11-7-24(8-12-28)2-4-26-17-21-32-22-18-26/h1-12,15-22H,13-14H2. The Morgan fingerprint density at radius 3 is 1.14 bits per heavy atom. The molecule has 0 fully saturated rings. The van der Waals surface area contributed by atoms with Crippen LogP contribution < -0.4 is 9.47 Å². The second kappa shape index (κ2) is 12.6. The van der Waals surface area contributed by atoms with Gasteiger partial charge in [0.2, 0.25) is 0 Å². The monoisotopic (exact) mass is 476 g/mol. The normalized spacial score (nSPS) is 11.0. The van der Waals surface area contributed by atoms with Crippen molar-refractivity contribution in [3.05, 3.63) is 120 Å². The number of hydrogen-bond donors (Lipinski definition) is 0. The van der Waals surface area contributed by atoms with Crippen molar-refractivity contribution in [1.82, 2.24) is 9.97 Å². The Bertz CT molecular complexity index is 1220. The maximum Gasteiger partial charge on any atom is 0.311 e.